The highest BCUT2D eigenvalue weighted by Crippen LogP contribution is 2.46. The van der Waals surface area contributed by atoms with E-state index in [9.17, 15) is 4.79 Å². The molecule has 3 atom stereocenters. The summed E-state index contributed by atoms with van der Waals surface area (Å²) in [5.41, 5.74) is 2.91. The molecule has 4 rings (SSSR count). The van der Waals surface area contributed by atoms with E-state index in [1.54, 1.807) is 0 Å². The van der Waals surface area contributed by atoms with Gasteiger partial charge in [-0.25, -0.2) is 0 Å². The lowest BCUT2D eigenvalue weighted by Gasteiger charge is -2.51. The molecule has 2 heterocycles. The average molecular weight is 353 g/mol. The monoisotopic (exact) mass is 352 g/mol. The topological polar surface area (TPSA) is 25.2 Å². The Bertz CT molecular complexity index is 804. The molecule has 1 saturated heterocycles. The number of nitrogens with zero attached hydrogens (tertiary/aromatic N) is 2. The number of rotatable bonds is 3. The third-order valence-electron chi connectivity index (χ3n) is 7.06. The van der Waals surface area contributed by atoms with Gasteiger partial charge in [-0.15, -0.1) is 0 Å². The summed E-state index contributed by atoms with van der Waals surface area (Å²) in [6, 6.07) is 8.99. The number of benzene rings is 1. The molecule has 2 fully saturated rings. The largest absolute Gasteiger partial charge is 0.350 e. The fraction of sp³-hybridized carbons (Fsp3) is 0.609. The van der Waals surface area contributed by atoms with Gasteiger partial charge >= 0.3 is 0 Å². The molecule has 0 radical (unpaired) electrons. The van der Waals surface area contributed by atoms with Crippen molar-refractivity contribution >= 4 is 16.8 Å². The Balaban J connectivity index is 1.53. The smallest absolute Gasteiger partial charge is 0.223 e. The first-order valence-corrected chi connectivity index (χ1v) is 10.3. The lowest BCUT2D eigenvalue weighted by molar-refractivity contribution is -0.141. The van der Waals surface area contributed by atoms with Crippen LogP contribution in [0.1, 0.15) is 70.3 Å². The van der Waals surface area contributed by atoms with Crippen LogP contribution in [0.4, 0.5) is 0 Å². The van der Waals surface area contributed by atoms with Crippen molar-refractivity contribution in [3.05, 3.63) is 36.0 Å². The first-order chi connectivity index (χ1) is 12.5. The number of aryl methyl sites for hydroxylation is 1. The van der Waals surface area contributed by atoms with E-state index in [0.717, 1.165) is 6.54 Å². The number of carbonyl (C=O) groups is 1. The highest BCUT2D eigenvalue weighted by atomic mass is 16.2. The van der Waals surface area contributed by atoms with E-state index in [1.165, 1.54) is 55.0 Å². The summed E-state index contributed by atoms with van der Waals surface area (Å²) in [7, 11) is 2.10. The molecule has 3 nitrogen and oxygen atoms in total. The third-order valence-corrected chi connectivity index (χ3v) is 7.06. The highest BCUT2D eigenvalue weighted by molar-refractivity contribution is 5.85. The zero-order chi connectivity index (χ0) is 18.3. The normalized spacial score (nSPS) is 27.3. The van der Waals surface area contributed by atoms with Crippen LogP contribution in [0.3, 0.4) is 0 Å². The lowest BCUT2D eigenvalue weighted by Crippen LogP contribution is -2.54. The Morgan fingerprint density at radius 3 is 2.85 bits per heavy atom. The molecule has 2 aliphatic rings. The summed E-state index contributed by atoms with van der Waals surface area (Å²) in [5.74, 6) is 0.619. The summed E-state index contributed by atoms with van der Waals surface area (Å²) in [6.07, 6.45) is 10.4. The predicted molar refractivity (Wildman–Crippen MR) is 107 cm³/mol. The lowest BCUT2D eigenvalue weighted by atomic mass is 9.66. The molecule has 140 valence electrons. The van der Waals surface area contributed by atoms with Crippen LogP contribution in [0.25, 0.3) is 10.9 Å². The zero-order valence-electron chi connectivity index (χ0n) is 16.5. The minimum Gasteiger partial charge on any atom is -0.350 e. The molecule has 1 aliphatic heterocycles. The molecule has 0 bridgehead atoms. The number of fused-ring (bicyclic) bond motifs is 2. The van der Waals surface area contributed by atoms with Crippen LogP contribution in [0.15, 0.2) is 30.5 Å². The van der Waals surface area contributed by atoms with E-state index in [4.69, 9.17) is 0 Å². The van der Waals surface area contributed by atoms with Crippen LogP contribution in [-0.4, -0.2) is 28.0 Å². The summed E-state index contributed by atoms with van der Waals surface area (Å²) in [6.45, 7) is 5.59. The number of likely N-dealkylation sites (tertiary alicyclic amines) is 1. The van der Waals surface area contributed by atoms with Gasteiger partial charge in [0.2, 0.25) is 5.91 Å². The molecule has 3 heteroatoms. The van der Waals surface area contributed by atoms with Gasteiger partial charge in [0, 0.05) is 43.2 Å². The van der Waals surface area contributed by atoms with Gasteiger partial charge in [-0.05, 0) is 48.6 Å². The fourth-order valence-corrected chi connectivity index (χ4v) is 5.57. The molecule has 2 aromatic rings. The van der Waals surface area contributed by atoms with Crippen molar-refractivity contribution in [1.82, 2.24) is 9.47 Å². The maximum Gasteiger partial charge on any atom is 0.223 e. The van der Waals surface area contributed by atoms with Crippen molar-refractivity contribution in [2.75, 3.05) is 6.54 Å². The molecule has 1 amide bonds. The van der Waals surface area contributed by atoms with Crippen molar-refractivity contribution in [3.8, 4) is 0 Å². The minimum absolute atomic E-state index is 0.255. The molecule has 26 heavy (non-hydrogen) atoms. The fourth-order valence-electron chi connectivity index (χ4n) is 5.57. The van der Waals surface area contributed by atoms with Crippen molar-refractivity contribution in [1.29, 1.82) is 0 Å². The molecular formula is C23H32N2O. The van der Waals surface area contributed by atoms with Crippen LogP contribution in [-0.2, 0) is 11.8 Å². The summed E-state index contributed by atoms with van der Waals surface area (Å²) in [4.78, 5) is 15.5. The van der Waals surface area contributed by atoms with Gasteiger partial charge in [0.15, 0.2) is 0 Å². The second-order valence-electron chi connectivity index (χ2n) is 8.92. The number of amides is 1. The quantitative estimate of drug-likeness (QED) is 0.741. The second-order valence-corrected chi connectivity index (χ2v) is 8.92. The number of para-hydroxylation sites is 1. The van der Waals surface area contributed by atoms with Crippen molar-refractivity contribution < 1.29 is 4.79 Å². The van der Waals surface area contributed by atoms with Gasteiger partial charge < -0.3 is 9.47 Å². The van der Waals surface area contributed by atoms with Crippen molar-refractivity contribution in [2.24, 2.45) is 12.5 Å². The van der Waals surface area contributed by atoms with E-state index >= 15 is 0 Å². The van der Waals surface area contributed by atoms with Crippen LogP contribution >= 0.6 is 0 Å². The zero-order valence-corrected chi connectivity index (χ0v) is 16.5. The Hall–Kier alpha value is -1.77. The summed E-state index contributed by atoms with van der Waals surface area (Å²) >= 11 is 0. The Labute approximate surface area is 157 Å². The Morgan fingerprint density at radius 1 is 1.23 bits per heavy atom. The number of hydrogen-bond acceptors (Lipinski definition) is 1. The van der Waals surface area contributed by atoms with E-state index in [2.05, 4.69) is 60.8 Å². The van der Waals surface area contributed by atoms with E-state index in [1.807, 2.05) is 0 Å². The number of hydrogen-bond donors (Lipinski definition) is 0. The van der Waals surface area contributed by atoms with Crippen molar-refractivity contribution in [3.63, 3.8) is 0 Å². The van der Waals surface area contributed by atoms with Gasteiger partial charge in [0.05, 0.1) is 0 Å². The molecule has 1 aromatic carbocycles. The average Bonchev–Trinajstić information content (AvgIpc) is 2.98. The number of piperidine rings is 1. The van der Waals surface area contributed by atoms with Crippen LogP contribution in [0.5, 0.6) is 0 Å². The number of aromatic nitrogens is 1. The van der Waals surface area contributed by atoms with Crippen LogP contribution in [0.2, 0.25) is 0 Å². The second kappa shape index (κ2) is 6.75. The molecule has 0 spiro atoms. The standard InChI is InChI=1S/C23H32N2O/c1-17(19-16-24(3)20-10-5-4-9-18(19)20)15-22(26)25-14-8-13-23(2)12-7-6-11-21(23)25/h4-5,9-10,16-17,21H,6-8,11-15H2,1-3H3. The summed E-state index contributed by atoms with van der Waals surface area (Å²) in [5, 5.41) is 1.29. The van der Waals surface area contributed by atoms with Gasteiger partial charge in [-0.1, -0.05) is 44.9 Å². The van der Waals surface area contributed by atoms with Crippen LogP contribution in [0, 0.1) is 5.41 Å². The maximum absolute atomic E-state index is 13.2. The Morgan fingerprint density at radius 2 is 2.00 bits per heavy atom. The molecule has 1 saturated carbocycles. The summed E-state index contributed by atoms with van der Waals surface area (Å²) < 4.78 is 2.19. The molecule has 1 aromatic heterocycles. The SMILES string of the molecule is CC(CC(=O)N1CCCC2(C)CCCCC12)c1cn(C)c2ccccc12. The van der Waals surface area contributed by atoms with Gasteiger partial charge in [0.25, 0.3) is 0 Å². The van der Waals surface area contributed by atoms with Crippen LogP contribution < -0.4 is 0 Å². The van der Waals surface area contributed by atoms with Crippen molar-refractivity contribution in [2.45, 2.75) is 70.8 Å². The highest BCUT2D eigenvalue weighted by Gasteiger charge is 2.44. The maximum atomic E-state index is 13.2. The molecular weight excluding hydrogens is 320 g/mol. The predicted octanol–water partition coefficient (Wildman–Crippen LogP) is 5.24. The minimum atomic E-state index is 0.255. The number of carbonyl (C=O) groups excluding carboxylic acids is 1. The van der Waals surface area contributed by atoms with Gasteiger partial charge in [-0.3, -0.25) is 4.79 Å². The van der Waals surface area contributed by atoms with E-state index in [0.29, 0.717) is 23.8 Å². The van der Waals surface area contributed by atoms with Gasteiger partial charge in [0.1, 0.15) is 0 Å². The van der Waals surface area contributed by atoms with E-state index < -0.39 is 0 Å². The molecule has 3 unspecified atom stereocenters. The first kappa shape index (κ1) is 17.6. The van der Waals surface area contributed by atoms with E-state index in [-0.39, 0.29) is 5.92 Å². The van der Waals surface area contributed by atoms with Gasteiger partial charge in [-0.2, -0.15) is 0 Å². The molecule has 1 aliphatic carbocycles. The first-order valence-electron chi connectivity index (χ1n) is 10.3. The third kappa shape index (κ3) is 2.95. The Kier molecular flexibility index (Phi) is 4.58. The molecule has 0 N–H and O–H groups in total.